The van der Waals surface area contributed by atoms with Crippen LogP contribution >= 0.6 is 0 Å². The molecule has 1 unspecified atom stereocenters. The molecule has 2 heteroatoms. The highest BCUT2D eigenvalue weighted by Crippen LogP contribution is 2.23. The van der Waals surface area contributed by atoms with Crippen LogP contribution in [0.1, 0.15) is 193 Å². The van der Waals surface area contributed by atoms with E-state index >= 15 is 0 Å². The first-order chi connectivity index (χ1) is 21.3. The molecule has 248 valence electrons. The summed E-state index contributed by atoms with van der Waals surface area (Å²) < 4.78 is 0. The zero-order chi connectivity index (χ0) is 30.5. The maximum absolute atomic E-state index is 2.65. The number of nitrogens with zero attached hydrogens (tertiary/aromatic N) is 2. The Balaban J connectivity index is 1.53. The van der Waals surface area contributed by atoms with Gasteiger partial charge in [-0.25, -0.2) is 0 Å². The molecule has 2 nitrogen and oxygen atoms in total. The molecule has 43 heavy (non-hydrogen) atoms. The third-order valence-electron chi connectivity index (χ3n) is 9.77. The van der Waals surface area contributed by atoms with E-state index in [1.165, 1.54) is 192 Å². The van der Waals surface area contributed by atoms with E-state index in [0.29, 0.717) is 6.17 Å². The second-order valence-corrected chi connectivity index (χ2v) is 13.8. The minimum atomic E-state index is 0.502. The summed E-state index contributed by atoms with van der Waals surface area (Å²) in [4.78, 5) is 5.30. The fraction of sp³-hybridized carbons (Fsp3) is 0.805. The Morgan fingerprint density at radius 3 is 1.02 bits per heavy atom. The number of hydrogen-bond donors (Lipinski definition) is 0. The molecular weight excluding hydrogens is 520 g/mol. The zero-order valence-electron chi connectivity index (χ0n) is 29.2. The maximum atomic E-state index is 2.65. The smallest absolute Gasteiger partial charge is 0.105 e. The van der Waals surface area contributed by atoms with Crippen LogP contribution in [0.2, 0.25) is 0 Å². The van der Waals surface area contributed by atoms with Crippen LogP contribution in [0, 0.1) is 0 Å². The normalized spacial score (nSPS) is 14.8. The van der Waals surface area contributed by atoms with Gasteiger partial charge in [-0.1, -0.05) is 205 Å². The van der Waals surface area contributed by atoms with E-state index in [1.54, 1.807) is 0 Å². The average molecular weight is 595 g/mol. The van der Waals surface area contributed by atoms with E-state index in [4.69, 9.17) is 0 Å². The van der Waals surface area contributed by atoms with Gasteiger partial charge in [-0.3, -0.25) is 0 Å². The first kappa shape index (κ1) is 37.7. The Morgan fingerprint density at radius 2 is 0.698 bits per heavy atom. The van der Waals surface area contributed by atoms with Gasteiger partial charge < -0.3 is 9.80 Å². The summed E-state index contributed by atoms with van der Waals surface area (Å²) in [5, 5.41) is 0. The van der Waals surface area contributed by atoms with Crippen molar-refractivity contribution in [3.05, 3.63) is 48.3 Å². The molecule has 0 aromatic heterocycles. The molecule has 1 aromatic rings. The summed E-state index contributed by atoms with van der Waals surface area (Å²) in [6, 6.07) is 11.2. The lowest BCUT2D eigenvalue weighted by molar-refractivity contribution is 0.148. The second-order valence-electron chi connectivity index (χ2n) is 13.8. The minimum absolute atomic E-state index is 0.502. The SMILES string of the molecule is CCCCCCCCCCCCCCCCN1C=CN(CCCCCCCCCCCCCCC)C1Cc1ccccc1. The van der Waals surface area contributed by atoms with Gasteiger partial charge in [0, 0.05) is 31.9 Å². The molecule has 1 aliphatic heterocycles. The lowest BCUT2D eigenvalue weighted by Crippen LogP contribution is -2.41. The molecule has 0 saturated heterocycles. The Labute approximate surface area is 270 Å². The monoisotopic (exact) mass is 595 g/mol. The van der Waals surface area contributed by atoms with Crippen molar-refractivity contribution in [3.63, 3.8) is 0 Å². The molecule has 1 aromatic carbocycles. The summed E-state index contributed by atoms with van der Waals surface area (Å²) in [5.41, 5.74) is 1.47. The van der Waals surface area contributed by atoms with Crippen LogP contribution in [0.15, 0.2) is 42.7 Å². The summed E-state index contributed by atoms with van der Waals surface area (Å²) in [6.45, 7) is 7.03. The summed E-state index contributed by atoms with van der Waals surface area (Å²) >= 11 is 0. The van der Waals surface area contributed by atoms with E-state index in [1.807, 2.05) is 0 Å². The molecule has 0 amide bonds. The van der Waals surface area contributed by atoms with Crippen LogP contribution < -0.4 is 0 Å². The molecule has 0 saturated carbocycles. The lowest BCUT2D eigenvalue weighted by atomic mass is 10.0. The van der Waals surface area contributed by atoms with Gasteiger partial charge in [0.05, 0.1) is 0 Å². The topological polar surface area (TPSA) is 6.48 Å². The van der Waals surface area contributed by atoms with Gasteiger partial charge in [0.25, 0.3) is 0 Å². The fourth-order valence-corrected chi connectivity index (χ4v) is 6.87. The Hall–Kier alpha value is -1.44. The second kappa shape index (κ2) is 28.1. The highest BCUT2D eigenvalue weighted by molar-refractivity contribution is 5.17. The van der Waals surface area contributed by atoms with Crippen LogP contribution in [-0.4, -0.2) is 29.1 Å². The number of unbranched alkanes of at least 4 members (excludes halogenated alkanes) is 25. The largest absolute Gasteiger partial charge is 0.356 e. The molecule has 1 aliphatic rings. The third-order valence-corrected chi connectivity index (χ3v) is 9.77. The van der Waals surface area contributed by atoms with Gasteiger partial charge in [-0.05, 0) is 18.4 Å². The highest BCUT2D eigenvalue weighted by atomic mass is 15.4. The van der Waals surface area contributed by atoms with Gasteiger partial charge in [-0.2, -0.15) is 0 Å². The van der Waals surface area contributed by atoms with E-state index in [9.17, 15) is 0 Å². The molecule has 0 spiro atoms. The molecule has 0 fully saturated rings. The quantitative estimate of drug-likeness (QED) is 0.0789. The summed E-state index contributed by atoms with van der Waals surface area (Å²) in [7, 11) is 0. The van der Waals surface area contributed by atoms with Gasteiger partial charge in [0.15, 0.2) is 0 Å². The third kappa shape index (κ3) is 20.3. The van der Waals surface area contributed by atoms with Crippen molar-refractivity contribution >= 4 is 0 Å². The van der Waals surface area contributed by atoms with Gasteiger partial charge in [0.1, 0.15) is 6.17 Å². The molecule has 0 radical (unpaired) electrons. The number of hydrogen-bond acceptors (Lipinski definition) is 2. The molecular formula is C41H74N2. The van der Waals surface area contributed by atoms with Crippen molar-refractivity contribution in [3.8, 4) is 0 Å². The summed E-state index contributed by atoms with van der Waals surface area (Å²) in [5.74, 6) is 0. The lowest BCUT2D eigenvalue weighted by Gasteiger charge is -2.33. The number of rotatable bonds is 31. The molecule has 0 N–H and O–H groups in total. The molecule has 2 rings (SSSR count). The number of benzene rings is 1. The maximum Gasteiger partial charge on any atom is 0.105 e. The molecule has 0 bridgehead atoms. The zero-order valence-corrected chi connectivity index (χ0v) is 29.2. The Bertz CT molecular complexity index is 728. The highest BCUT2D eigenvalue weighted by Gasteiger charge is 2.25. The van der Waals surface area contributed by atoms with Gasteiger partial charge in [0.2, 0.25) is 0 Å². The van der Waals surface area contributed by atoms with Crippen molar-refractivity contribution < 1.29 is 0 Å². The van der Waals surface area contributed by atoms with Crippen molar-refractivity contribution in [2.45, 2.75) is 200 Å². The summed E-state index contributed by atoms with van der Waals surface area (Å²) in [6.07, 6.45) is 45.0. The van der Waals surface area contributed by atoms with Crippen molar-refractivity contribution in [2.24, 2.45) is 0 Å². The molecule has 1 heterocycles. The predicted molar refractivity (Wildman–Crippen MR) is 192 cm³/mol. The van der Waals surface area contributed by atoms with E-state index in [2.05, 4.69) is 66.4 Å². The first-order valence-corrected chi connectivity index (χ1v) is 19.6. The van der Waals surface area contributed by atoms with Crippen LogP contribution in [0.3, 0.4) is 0 Å². The first-order valence-electron chi connectivity index (χ1n) is 19.6. The fourth-order valence-electron chi connectivity index (χ4n) is 6.87. The average Bonchev–Trinajstić information content (AvgIpc) is 3.40. The molecule has 0 aliphatic carbocycles. The van der Waals surface area contributed by atoms with E-state index < -0.39 is 0 Å². The van der Waals surface area contributed by atoms with Crippen molar-refractivity contribution in [1.82, 2.24) is 9.80 Å². The molecule has 1 atom stereocenters. The van der Waals surface area contributed by atoms with Gasteiger partial charge in [-0.15, -0.1) is 0 Å². The van der Waals surface area contributed by atoms with Crippen LogP contribution in [-0.2, 0) is 6.42 Å². The van der Waals surface area contributed by atoms with Crippen LogP contribution in [0.4, 0.5) is 0 Å². The minimum Gasteiger partial charge on any atom is -0.356 e. The van der Waals surface area contributed by atoms with E-state index in [0.717, 1.165) is 6.42 Å². The van der Waals surface area contributed by atoms with Crippen LogP contribution in [0.25, 0.3) is 0 Å². The standard InChI is InChI=1S/C41H74N2/c1-3-5-7-9-11-13-15-17-19-21-23-25-27-32-36-43-38-37-42(41(43)39-40-33-29-28-30-34-40)35-31-26-24-22-20-18-16-14-12-10-8-6-4-2/h28-30,33-34,37-38,41H,3-27,31-32,35-36,39H2,1-2H3. The predicted octanol–water partition coefficient (Wildman–Crippen LogP) is 13.2. The van der Waals surface area contributed by atoms with Crippen molar-refractivity contribution in [2.75, 3.05) is 13.1 Å². The van der Waals surface area contributed by atoms with E-state index in [-0.39, 0.29) is 0 Å². The van der Waals surface area contributed by atoms with Crippen molar-refractivity contribution in [1.29, 1.82) is 0 Å². The van der Waals surface area contributed by atoms with Gasteiger partial charge >= 0.3 is 0 Å². The van der Waals surface area contributed by atoms with Crippen LogP contribution in [0.5, 0.6) is 0 Å². The Morgan fingerprint density at radius 1 is 0.395 bits per heavy atom. The Kier molecular flexibility index (Phi) is 24.6.